The minimum absolute atomic E-state index is 0.0569. The Labute approximate surface area is 112 Å². The maximum Gasteiger partial charge on any atom is 0.303 e. The summed E-state index contributed by atoms with van der Waals surface area (Å²) in [7, 11) is 0. The van der Waals surface area contributed by atoms with Gasteiger partial charge in [0.1, 0.15) is 11.5 Å². The predicted molar refractivity (Wildman–Crippen MR) is 70.0 cm³/mol. The summed E-state index contributed by atoms with van der Waals surface area (Å²) >= 11 is 0. The highest BCUT2D eigenvalue weighted by Gasteiger charge is 2.21. The van der Waals surface area contributed by atoms with Crippen LogP contribution in [0.5, 0.6) is 11.5 Å². The van der Waals surface area contributed by atoms with Gasteiger partial charge in [-0.1, -0.05) is 6.07 Å². The predicted octanol–water partition coefficient (Wildman–Crippen LogP) is 1.78. The molecule has 3 N–H and O–H groups in total. The summed E-state index contributed by atoms with van der Waals surface area (Å²) in [4.78, 5) is 12.8. The highest BCUT2D eigenvalue weighted by Crippen LogP contribution is 2.26. The zero-order valence-corrected chi connectivity index (χ0v) is 10.7. The van der Waals surface area contributed by atoms with E-state index in [1.165, 1.54) is 6.07 Å². The van der Waals surface area contributed by atoms with Crippen molar-refractivity contribution in [1.29, 1.82) is 0 Å². The van der Waals surface area contributed by atoms with Crippen LogP contribution in [0.1, 0.15) is 24.8 Å². The maximum absolute atomic E-state index is 10.6. The number of carboxylic acid groups (broad SMARTS) is 1. The molecular formula is C14H19NO4. The highest BCUT2D eigenvalue weighted by molar-refractivity contribution is 5.67. The Morgan fingerprint density at radius 2 is 1.95 bits per heavy atom. The van der Waals surface area contributed by atoms with E-state index >= 15 is 0 Å². The van der Waals surface area contributed by atoms with Gasteiger partial charge < -0.3 is 15.3 Å². The van der Waals surface area contributed by atoms with Crippen molar-refractivity contribution in [2.75, 3.05) is 13.1 Å². The third kappa shape index (κ3) is 3.86. The molecule has 0 saturated carbocycles. The van der Waals surface area contributed by atoms with Crippen LogP contribution in [0.15, 0.2) is 18.2 Å². The van der Waals surface area contributed by atoms with Crippen molar-refractivity contribution >= 4 is 5.97 Å². The van der Waals surface area contributed by atoms with Crippen molar-refractivity contribution in [2.24, 2.45) is 5.92 Å². The number of benzene rings is 1. The van der Waals surface area contributed by atoms with E-state index < -0.39 is 5.97 Å². The summed E-state index contributed by atoms with van der Waals surface area (Å²) in [5.74, 6) is -0.300. The van der Waals surface area contributed by atoms with E-state index in [9.17, 15) is 15.0 Å². The van der Waals surface area contributed by atoms with Gasteiger partial charge in [-0.2, -0.15) is 0 Å². The number of piperidine rings is 1. The molecule has 19 heavy (non-hydrogen) atoms. The van der Waals surface area contributed by atoms with E-state index in [1.54, 1.807) is 12.1 Å². The zero-order chi connectivity index (χ0) is 13.8. The summed E-state index contributed by atoms with van der Waals surface area (Å²) in [6, 6.07) is 4.62. The molecule has 0 bridgehead atoms. The van der Waals surface area contributed by atoms with Gasteiger partial charge in [-0.05, 0) is 37.9 Å². The Morgan fingerprint density at radius 3 is 2.53 bits per heavy atom. The van der Waals surface area contributed by atoms with Gasteiger partial charge in [0, 0.05) is 24.6 Å². The molecule has 0 atom stereocenters. The molecule has 1 aliphatic rings. The Hall–Kier alpha value is -1.75. The molecular weight excluding hydrogens is 246 g/mol. The SMILES string of the molecule is O=C(O)CC1CCN(Cc2ccc(O)cc2O)CC1. The molecule has 0 aromatic heterocycles. The molecule has 0 aliphatic carbocycles. The zero-order valence-electron chi connectivity index (χ0n) is 10.7. The Bertz CT molecular complexity index is 453. The van der Waals surface area contributed by atoms with Gasteiger partial charge in [0.2, 0.25) is 0 Å². The lowest BCUT2D eigenvalue weighted by Crippen LogP contribution is -2.33. The van der Waals surface area contributed by atoms with E-state index in [-0.39, 0.29) is 23.8 Å². The number of aromatic hydroxyl groups is 2. The van der Waals surface area contributed by atoms with Gasteiger partial charge in [0.05, 0.1) is 0 Å². The number of carbonyl (C=O) groups is 1. The number of rotatable bonds is 4. The molecule has 2 rings (SSSR count). The summed E-state index contributed by atoms with van der Waals surface area (Å²) in [6.45, 7) is 2.32. The summed E-state index contributed by atoms with van der Waals surface area (Å²) in [5, 5.41) is 27.7. The highest BCUT2D eigenvalue weighted by atomic mass is 16.4. The fourth-order valence-electron chi connectivity index (χ4n) is 2.52. The van der Waals surface area contributed by atoms with Gasteiger partial charge in [0.25, 0.3) is 0 Å². The number of aliphatic carboxylic acids is 1. The van der Waals surface area contributed by atoms with Crippen LogP contribution in [0.3, 0.4) is 0 Å². The number of carboxylic acids is 1. The van der Waals surface area contributed by atoms with E-state index in [0.717, 1.165) is 31.5 Å². The van der Waals surface area contributed by atoms with Gasteiger partial charge in [0.15, 0.2) is 0 Å². The van der Waals surface area contributed by atoms with E-state index in [1.807, 2.05) is 0 Å². The minimum Gasteiger partial charge on any atom is -0.508 e. The molecule has 5 heteroatoms. The van der Waals surface area contributed by atoms with Crippen LogP contribution in [0, 0.1) is 5.92 Å². The Kier molecular flexibility index (Phi) is 4.27. The molecule has 104 valence electrons. The lowest BCUT2D eigenvalue weighted by Gasteiger charge is -2.31. The smallest absolute Gasteiger partial charge is 0.303 e. The lowest BCUT2D eigenvalue weighted by molar-refractivity contribution is -0.138. The molecule has 1 aromatic rings. The van der Waals surface area contributed by atoms with Crippen LogP contribution in [-0.2, 0) is 11.3 Å². The van der Waals surface area contributed by atoms with Gasteiger partial charge >= 0.3 is 5.97 Å². The van der Waals surface area contributed by atoms with E-state index in [0.29, 0.717) is 6.54 Å². The molecule has 1 heterocycles. The first-order chi connectivity index (χ1) is 9.04. The largest absolute Gasteiger partial charge is 0.508 e. The van der Waals surface area contributed by atoms with Crippen LogP contribution in [0.25, 0.3) is 0 Å². The Balaban J connectivity index is 1.87. The number of hydrogen-bond donors (Lipinski definition) is 3. The molecule has 5 nitrogen and oxygen atoms in total. The number of phenolic OH excluding ortho intramolecular Hbond substituents is 2. The summed E-state index contributed by atoms with van der Waals surface area (Å²) < 4.78 is 0. The number of nitrogens with zero attached hydrogens (tertiary/aromatic N) is 1. The molecule has 0 spiro atoms. The van der Waals surface area contributed by atoms with Crippen LogP contribution in [0.4, 0.5) is 0 Å². The Morgan fingerprint density at radius 1 is 1.26 bits per heavy atom. The normalized spacial score (nSPS) is 17.5. The lowest BCUT2D eigenvalue weighted by atomic mass is 9.93. The number of hydrogen-bond acceptors (Lipinski definition) is 4. The molecule has 1 aliphatic heterocycles. The molecule has 0 amide bonds. The number of phenols is 2. The second-order valence-electron chi connectivity index (χ2n) is 5.13. The van der Waals surface area contributed by atoms with Gasteiger partial charge in [-0.25, -0.2) is 0 Å². The van der Waals surface area contributed by atoms with E-state index in [4.69, 9.17) is 5.11 Å². The first-order valence-electron chi connectivity index (χ1n) is 6.49. The number of likely N-dealkylation sites (tertiary alicyclic amines) is 1. The minimum atomic E-state index is -0.727. The van der Waals surface area contributed by atoms with Crippen LogP contribution >= 0.6 is 0 Å². The third-order valence-corrected chi connectivity index (χ3v) is 3.63. The molecule has 1 fully saturated rings. The molecule has 1 aromatic carbocycles. The second-order valence-corrected chi connectivity index (χ2v) is 5.13. The third-order valence-electron chi connectivity index (χ3n) is 3.63. The summed E-state index contributed by atoms with van der Waals surface area (Å²) in [5.41, 5.74) is 0.787. The first-order valence-corrected chi connectivity index (χ1v) is 6.49. The van der Waals surface area contributed by atoms with Crippen LogP contribution in [-0.4, -0.2) is 39.3 Å². The summed E-state index contributed by atoms with van der Waals surface area (Å²) in [6.07, 6.45) is 2.01. The topological polar surface area (TPSA) is 81.0 Å². The van der Waals surface area contributed by atoms with Crippen molar-refractivity contribution < 1.29 is 20.1 Å². The monoisotopic (exact) mass is 265 g/mol. The average molecular weight is 265 g/mol. The standard InChI is InChI=1S/C14H19NO4/c16-12-2-1-11(13(17)8-12)9-15-5-3-10(4-6-15)7-14(18)19/h1-2,8,10,16-17H,3-7,9H2,(H,18,19). The maximum atomic E-state index is 10.6. The quantitative estimate of drug-likeness (QED) is 0.773. The molecule has 0 radical (unpaired) electrons. The fourth-order valence-corrected chi connectivity index (χ4v) is 2.52. The van der Waals surface area contributed by atoms with Crippen LogP contribution < -0.4 is 0 Å². The van der Waals surface area contributed by atoms with Gasteiger partial charge in [-0.3, -0.25) is 9.69 Å². The van der Waals surface area contributed by atoms with E-state index in [2.05, 4.69) is 4.90 Å². The van der Waals surface area contributed by atoms with Crippen molar-refractivity contribution in [1.82, 2.24) is 4.90 Å². The van der Waals surface area contributed by atoms with Crippen molar-refractivity contribution in [3.8, 4) is 11.5 Å². The van der Waals surface area contributed by atoms with Crippen molar-refractivity contribution in [3.63, 3.8) is 0 Å². The van der Waals surface area contributed by atoms with Gasteiger partial charge in [-0.15, -0.1) is 0 Å². The average Bonchev–Trinajstić information content (AvgIpc) is 2.34. The molecule has 1 saturated heterocycles. The van der Waals surface area contributed by atoms with Crippen LogP contribution in [0.2, 0.25) is 0 Å². The van der Waals surface area contributed by atoms with Crippen molar-refractivity contribution in [3.05, 3.63) is 23.8 Å². The second kappa shape index (κ2) is 5.93. The first kappa shape index (κ1) is 13.7. The molecule has 0 unspecified atom stereocenters. The van der Waals surface area contributed by atoms with Crippen molar-refractivity contribution in [2.45, 2.75) is 25.8 Å². The fraction of sp³-hybridized carbons (Fsp3) is 0.500.